The van der Waals surface area contributed by atoms with Crippen LogP contribution in [0.3, 0.4) is 0 Å². The standard InChI is InChI=1S/C15H32N2O2/c1-5-8-11-17(12-9-6-2)13-10-14(16-7-3)15(18)19-4/h14,16H,5-13H2,1-4H3. The smallest absolute Gasteiger partial charge is 0.322 e. The van der Waals surface area contributed by atoms with E-state index < -0.39 is 0 Å². The van der Waals surface area contributed by atoms with Crippen LogP contribution in [0.1, 0.15) is 52.9 Å². The second-order valence-corrected chi connectivity index (χ2v) is 4.97. The van der Waals surface area contributed by atoms with Crippen molar-refractivity contribution in [1.29, 1.82) is 0 Å². The molecule has 0 fully saturated rings. The van der Waals surface area contributed by atoms with Crippen LogP contribution < -0.4 is 5.32 Å². The minimum Gasteiger partial charge on any atom is -0.468 e. The Bertz CT molecular complexity index is 214. The Labute approximate surface area is 118 Å². The van der Waals surface area contributed by atoms with Gasteiger partial charge in [-0.1, -0.05) is 33.6 Å². The number of carbonyl (C=O) groups is 1. The molecule has 4 nitrogen and oxygen atoms in total. The second kappa shape index (κ2) is 12.4. The fourth-order valence-corrected chi connectivity index (χ4v) is 2.10. The molecule has 1 atom stereocenters. The van der Waals surface area contributed by atoms with Crippen molar-refractivity contribution in [3.8, 4) is 0 Å². The Kier molecular flexibility index (Phi) is 12.0. The predicted octanol–water partition coefficient (Wildman–Crippen LogP) is 2.43. The Morgan fingerprint density at radius 3 is 2.11 bits per heavy atom. The molecule has 0 aliphatic heterocycles. The van der Waals surface area contributed by atoms with Gasteiger partial charge in [0, 0.05) is 6.54 Å². The summed E-state index contributed by atoms with van der Waals surface area (Å²) in [4.78, 5) is 14.1. The van der Waals surface area contributed by atoms with Crippen LogP contribution in [-0.4, -0.2) is 50.2 Å². The monoisotopic (exact) mass is 272 g/mol. The minimum absolute atomic E-state index is 0.146. The molecule has 0 saturated carbocycles. The number of hydrogen-bond acceptors (Lipinski definition) is 4. The summed E-state index contributed by atoms with van der Waals surface area (Å²) in [7, 11) is 1.46. The predicted molar refractivity (Wildman–Crippen MR) is 80.4 cm³/mol. The zero-order chi connectivity index (χ0) is 14.5. The number of unbranched alkanes of at least 4 members (excludes halogenated alkanes) is 2. The van der Waals surface area contributed by atoms with E-state index in [-0.39, 0.29) is 12.0 Å². The Morgan fingerprint density at radius 1 is 1.11 bits per heavy atom. The van der Waals surface area contributed by atoms with Crippen LogP contribution in [0.15, 0.2) is 0 Å². The molecule has 19 heavy (non-hydrogen) atoms. The van der Waals surface area contributed by atoms with Gasteiger partial charge in [-0.25, -0.2) is 0 Å². The fraction of sp³-hybridized carbons (Fsp3) is 0.933. The summed E-state index contributed by atoms with van der Waals surface area (Å²) in [5.74, 6) is -0.146. The molecule has 0 radical (unpaired) electrons. The van der Waals surface area contributed by atoms with Crippen molar-refractivity contribution >= 4 is 5.97 Å². The molecular weight excluding hydrogens is 240 g/mol. The number of nitrogens with one attached hydrogen (secondary N) is 1. The van der Waals surface area contributed by atoms with Crippen LogP contribution in [0.4, 0.5) is 0 Å². The highest BCUT2D eigenvalue weighted by Crippen LogP contribution is 2.03. The van der Waals surface area contributed by atoms with Gasteiger partial charge in [-0.15, -0.1) is 0 Å². The molecule has 0 aromatic rings. The lowest BCUT2D eigenvalue weighted by Crippen LogP contribution is -2.41. The quantitative estimate of drug-likeness (QED) is 0.554. The third-order valence-corrected chi connectivity index (χ3v) is 3.33. The van der Waals surface area contributed by atoms with E-state index in [4.69, 9.17) is 4.74 Å². The van der Waals surface area contributed by atoms with E-state index in [1.807, 2.05) is 6.92 Å². The third kappa shape index (κ3) is 9.00. The molecule has 114 valence electrons. The average molecular weight is 272 g/mol. The van der Waals surface area contributed by atoms with Crippen molar-refractivity contribution in [2.24, 2.45) is 0 Å². The van der Waals surface area contributed by atoms with Gasteiger partial charge in [0.25, 0.3) is 0 Å². The normalized spacial score (nSPS) is 12.7. The number of methoxy groups -OCH3 is 1. The summed E-state index contributed by atoms with van der Waals surface area (Å²) < 4.78 is 4.84. The summed E-state index contributed by atoms with van der Waals surface area (Å²) in [6.07, 6.45) is 5.72. The van der Waals surface area contributed by atoms with Gasteiger partial charge in [0.05, 0.1) is 7.11 Å². The van der Waals surface area contributed by atoms with Gasteiger partial charge in [-0.3, -0.25) is 4.79 Å². The number of carbonyl (C=O) groups excluding carboxylic acids is 1. The molecule has 0 aliphatic rings. The van der Waals surface area contributed by atoms with Gasteiger partial charge in [-0.05, 0) is 38.9 Å². The van der Waals surface area contributed by atoms with Gasteiger partial charge < -0.3 is 15.0 Å². The van der Waals surface area contributed by atoms with Crippen molar-refractivity contribution < 1.29 is 9.53 Å². The van der Waals surface area contributed by atoms with Crippen LogP contribution in [0.25, 0.3) is 0 Å². The van der Waals surface area contributed by atoms with E-state index in [0.717, 1.165) is 32.6 Å². The maximum atomic E-state index is 11.6. The number of nitrogens with zero attached hydrogens (tertiary/aromatic N) is 1. The maximum Gasteiger partial charge on any atom is 0.322 e. The number of esters is 1. The lowest BCUT2D eigenvalue weighted by atomic mass is 10.1. The van der Waals surface area contributed by atoms with E-state index in [9.17, 15) is 4.79 Å². The van der Waals surface area contributed by atoms with Crippen molar-refractivity contribution in [1.82, 2.24) is 10.2 Å². The molecule has 0 bridgehead atoms. The minimum atomic E-state index is -0.166. The average Bonchev–Trinajstić information content (AvgIpc) is 2.44. The molecule has 0 spiro atoms. The largest absolute Gasteiger partial charge is 0.468 e. The molecule has 0 saturated heterocycles. The molecule has 0 heterocycles. The third-order valence-electron chi connectivity index (χ3n) is 3.33. The summed E-state index contributed by atoms with van der Waals surface area (Å²) >= 11 is 0. The van der Waals surface area contributed by atoms with Crippen LogP contribution in [0.2, 0.25) is 0 Å². The fourth-order valence-electron chi connectivity index (χ4n) is 2.10. The van der Waals surface area contributed by atoms with Gasteiger partial charge >= 0.3 is 5.97 Å². The first-order valence-electron chi connectivity index (χ1n) is 7.73. The maximum absolute atomic E-state index is 11.6. The Morgan fingerprint density at radius 2 is 1.68 bits per heavy atom. The number of hydrogen-bond donors (Lipinski definition) is 1. The summed E-state index contributed by atoms with van der Waals surface area (Å²) in [5, 5.41) is 3.20. The topological polar surface area (TPSA) is 41.6 Å². The lowest BCUT2D eigenvalue weighted by Gasteiger charge is -2.24. The van der Waals surface area contributed by atoms with Gasteiger partial charge in [-0.2, -0.15) is 0 Å². The van der Waals surface area contributed by atoms with Crippen LogP contribution in [0.5, 0.6) is 0 Å². The molecule has 0 aliphatic carbocycles. The number of likely N-dealkylation sites (N-methyl/N-ethyl adjacent to an activating group) is 1. The van der Waals surface area contributed by atoms with E-state index >= 15 is 0 Å². The summed E-state index contributed by atoms with van der Waals surface area (Å²) in [6, 6.07) is -0.166. The zero-order valence-corrected chi connectivity index (χ0v) is 13.2. The van der Waals surface area contributed by atoms with Crippen molar-refractivity contribution in [2.45, 2.75) is 58.9 Å². The number of ether oxygens (including phenoxy) is 1. The van der Waals surface area contributed by atoms with E-state index in [0.29, 0.717) is 0 Å². The molecule has 1 unspecified atom stereocenters. The second-order valence-electron chi connectivity index (χ2n) is 4.97. The molecule has 0 amide bonds. The van der Waals surface area contributed by atoms with Crippen LogP contribution in [-0.2, 0) is 9.53 Å². The Balaban J connectivity index is 4.18. The zero-order valence-electron chi connectivity index (χ0n) is 13.2. The van der Waals surface area contributed by atoms with Crippen molar-refractivity contribution in [3.05, 3.63) is 0 Å². The highest BCUT2D eigenvalue weighted by molar-refractivity contribution is 5.75. The van der Waals surface area contributed by atoms with Crippen LogP contribution in [0, 0.1) is 0 Å². The SMILES string of the molecule is CCCCN(CCCC)CCC(NCC)C(=O)OC. The molecule has 0 aromatic carbocycles. The van der Waals surface area contributed by atoms with Crippen molar-refractivity contribution in [3.63, 3.8) is 0 Å². The molecule has 1 N–H and O–H groups in total. The lowest BCUT2D eigenvalue weighted by molar-refractivity contribution is -0.143. The first-order valence-corrected chi connectivity index (χ1v) is 7.73. The van der Waals surface area contributed by atoms with Crippen LogP contribution >= 0.6 is 0 Å². The molecule has 4 heteroatoms. The van der Waals surface area contributed by atoms with Crippen molar-refractivity contribution in [2.75, 3.05) is 33.3 Å². The van der Waals surface area contributed by atoms with Gasteiger partial charge in [0.2, 0.25) is 0 Å². The summed E-state index contributed by atoms with van der Waals surface area (Å²) in [6.45, 7) is 10.5. The van der Waals surface area contributed by atoms with Gasteiger partial charge in [0.15, 0.2) is 0 Å². The molecule has 0 aromatic heterocycles. The highest BCUT2D eigenvalue weighted by atomic mass is 16.5. The first-order chi connectivity index (χ1) is 9.19. The molecular formula is C15H32N2O2. The van der Waals surface area contributed by atoms with E-state index in [2.05, 4.69) is 24.1 Å². The Hall–Kier alpha value is -0.610. The molecule has 0 rings (SSSR count). The van der Waals surface area contributed by atoms with E-state index in [1.54, 1.807) is 0 Å². The first kappa shape index (κ1) is 18.4. The van der Waals surface area contributed by atoms with E-state index in [1.165, 1.54) is 32.8 Å². The van der Waals surface area contributed by atoms with Gasteiger partial charge in [0.1, 0.15) is 6.04 Å². The highest BCUT2D eigenvalue weighted by Gasteiger charge is 2.18. The summed E-state index contributed by atoms with van der Waals surface area (Å²) in [5.41, 5.74) is 0. The number of rotatable bonds is 12.